The number of alkyl halides is 1. The topological polar surface area (TPSA) is 29.1 Å². The van der Waals surface area contributed by atoms with E-state index in [1.165, 1.54) is 5.56 Å². The third-order valence-electron chi connectivity index (χ3n) is 2.22. The number of nitrogens with one attached hydrogen (secondary N) is 1. The molecule has 1 rings (SSSR count). The number of rotatable bonds is 3. The molecular weight excluding hydrogens is 198 g/mol. The second-order valence-corrected chi connectivity index (χ2v) is 3.39. The summed E-state index contributed by atoms with van der Waals surface area (Å²) in [5.74, 6) is -0.168. The molecule has 0 aromatic heterocycles. The lowest BCUT2D eigenvalue weighted by molar-refractivity contribution is -0.113. The summed E-state index contributed by atoms with van der Waals surface area (Å²) >= 11 is 5.42. The van der Waals surface area contributed by atoms with Crippen LogP contribution in [0.4, 0.5) is 5.69 Å². The van der Waals surface area contributed by atoms with Gasteiger partial charge in [-0.25, -0.2) is 0 Å². The Balaban J connectivity index is 2.92. The van der Waals surface area contributed by atoms with Crippen LogP contribution in [0.1, 0.15) is 18.1 Å². The number of aryl methyl sites for hydroxylation is 1. The first-order valence-electron chi connectivity index (χ1n) is 4.63. The third kappa shape index (κ3) is 2.48. The number of halogens is 1. The van der Waals surface area contributed by atoms with Gasteiger partial charge in [-0.2, -0.15) is 0 Å². The van der Waals surface area contributed by atoms with E-state index in [0.717, 1.165) is 17.7 Å². The fraction of sp³-hybridized carbons (Fsp3) is 0.364. The summed E-state index contributed by atoms with van der Waals surface area (Å²) in [7, 11) is 0. The first-order chi connectivity index (χ1) is 6.69. The number of benzene rings is 1. The second-order valence-electron chi connectivity index (χ2n) is 3.13. The predicted octanol–water partition coefficient (Wildman–Crippen LogP) is 2.73. The van der Waals surface area contributed by atoms with Crippen molar-refractivity contribution in [2.24, 2.45) is 0 Å². The minimum atomic E-state index is -0.164. The van der Waals surface area contributed by atoms with Crippen molar-refractivity contribution in [3.05, 3.63) is 29.3 Å². The Labute approximate surface area is 89.3 Å². The molecule has 0 aliphatic heterocycles. The molecule has 0 atom stereocenters. The first kappa shape index (κ1) is 11.1. The average molecular weight is 212 g/mol. The van der Waals surface area contributed by atoms with Gasteiger partial charge in [-0.05, 0) is 30.5 Å². The van der Waals surface area contributed by atoms with E-state index in [-0.39, 0.29) is 11.8 Å². The van der Waals surface area contributed by atoms with Crippen molar-refractivity contribution in [2.45, 2.75) is 20.3 Å². The van der Waals surface area contributed by atoms with E-state index in [9.17, 15) is 4.79 Å². The van der Waals surface area contributed by atoms with Crippen molar-refractivity contribution >= 4 is 23.2 Å². The quantitative estimate of drug-likeness (QED) is 0.766. The molecule has 2 nitrogen and oxygen atoms in total. The lowest BCUT2D eigenvalue weighted by Crippen LogP contribution is -2.13. The van der Waals surface area contributed by atoms with Crippen LogP contribution < -0.4 is 5.32 Å². The average Bonchev–Trinajstić information content (AvgIpc) is 2.21. The molecule has 0 unspecified atom stereocenters. The molecule has 0 fully saturated rings. The van der Waals surface area contributed by atoms with Gasteiger partial charge in [0.2, 0.25) is 5.91 Å². The molecule has 0 aliphatic carbocycles. The van der Waals surface area contributed by atoms with Gasteiger partial charge in [0.1, 0.15) is 5.88 Å². The molecule has 76 valence electrons. The number of hydrogen-bond donors (Lipinski definition) is 1. The molecule has 1 amide bonds. The number of carbonyl (C=O) groups is 1. The molecule has 0 aliphatic rings. The highest BCUT2D eigenvalue weighted by atomic mass is 35.5. The molecule has 0 spiro atoms. The van der Waals surface area contributed by atoms with Crippen molar-refractivity contribution in [1.82, 2.24) is 0 Å². The molecule has 1 aromatic rings. The zero-order valence-electron chi connectivity index (χ0n) is 8.43. The summed E-state index contributed by atoms with van der Waals surface area (Å²) in [6.07, 6.45) is 0.969. The van der Waals surface area contributed by atoms with Gasteiger partial charge in [0.05, 0.1) is 0 Å². The van der Waals surface area contributed by atoms with Gasteiger partial charge in [0.15, 0.2) is 0 Å². The summed E-state index contributed by atoms with van der Waals surface area (Å²) < 4.78 is 0. The van der Waals surface area contributed by atoms with Crippen LogP contribution in [0.5, 0.6) is 0 Å². The Hall–Kier alpha value is -1.02. The molecular formula is C11H14ClNO. The third-order valence-corrected chi connectivity index (χ3v) is 2.47. The summed E-state index contributed by atoms with van der Waals surface area (Å²) in [6, 6.07) is 5.89. The summed E-state index contributed by atoms with van der Waals surface area (Å²) in [5, 5.41) is 2.76. The van der Waals surface area contributed by atoms with Crippen molar-refractivity contribution in [3.8, 4) is 0 Å². The normalized spacial score (nSPS) is 9.93. The first-order valence-corrected chi connectivity index (χ1v) is 5.16. The van der Waals surface area contributed by atoms with Gasteiger partial charge < -0.3 is 5.32 Å². The molecule has 0 heterocycles. The second kappa shape index (κ2) is 5.01. The van der Waals surface area contributed by atoms with Crippen molar-refractivity contribution < 1.29 is 4.79 Å². The lowest BCUT2D eigenvalue weighted by atomic mass is 10.0. The van der Waals surface area contributed by atoms with Crippen LogP contribution in [0.15, 0.2) is 18.2 Å². The van der Waals surface area contributed by atoms with Crippen LogP contribution >= 0.6 is 11.6 Å². The number of hydrogen-bond acceptors (Lipinski definition) is 1. The van der Waals surface area contributed by atoms with Crippen molar-refractivity contribution in [2.75, 3.05) is 11.2 Å². The largest absolute Gasteiger partial charge is 0.325 e. The molecule has 14 heavy (non-hydrogen) atoms. The van der Waals surface area contributed by atoms with E-state index in [1.807, 2.05) is 19.1 Å². The number of carbonyl (C=O) groups excluding carboxylic acids is 1. The van der Waals surface area contributed by atoms with Crippen molar-refractivity contribution in [1.29, 1.82) is 0 Å². The molecule has 1 aromatic carbocycles. The summed E-state index contributed by atoms with van der Waals surface area (Å²) in [6.45, 7) is 4.10. The fourth-order valence-corrected chi connectivity index (χ4v) is 1.45. The van der Waals surface area contributed by atoms with Gasteiger partial charge in [0.25, 0.3) is 0 Å². The SMILES string of the molecule is CCc1cccc(NC(=O)CCl)c1C. The van der Waals surface area contributed by atoms with Gasteiger partial charge in [0, 0.05) is 5.69 Å². The van der Waals surface area contributed by atoms with Crippen LogP contribution in [0.25, 0.3) is 0 Å². The summed E-state index contributed by atoms with van der Waals surface area (Å²) in [5.41, 5.74) is 3.22. The summed E-state index contributed by atoms with van der Waals surface area (Å²) in [4.78, 5) is 11.1. The van der Waals surface area contributed by atoms with Gasteiger partial charge in [-0.15, -0.1) is 11.6 Å². The molecule has 0 saturated carbocycles. The van der Waals surface area contributed by atoms with Gasteiger partial charge in [-0.3, -0.25) is 4.79 Å². The highest BCUT2D eigenvalue weighted by molar-refractivity contribution is 6.29. The molecule has 0 bridgehead atoms. The molecule has 3 heteroatoms. The minimum absolute atomic E-state index is 0.00417. The van der Waals surface area contributed by atoms with E-state index in [0.29, 0.717) is 0 Å². The van der Waals surface area contributed by atoms with E-state index >= 15 is 0 Å². The molecule has 0 radical (unpaired) electrons. The zero-order valence-corrected chi connectivity index (χ0v) is 9.19. The van der Waals surface area contributed by atoms with Crippen LogP contribution in [-0.2, 0) is 11.2 Å². The van der Waals surface area contributed by atoms with Gasteiger partial charge >= 0.3 is 0 Å². The van der Waals surface area contributed by atoms with Crippen molar-refractivity contribution in [3.63, 3.8) is 0 Å². The maximum atomic E-state index is 11.1. The Morgan fingerprint density at radius 3 is 2.79 bits per heavy atom. The lowest BCUT2D eigenvalue weighted by Gasteiger charge is -2.10. The van der Waals surface area contributed by atoms with E-state index in [4.69, 9.17) is 11.6 Å². The van der Waals surface area contributed by atoms with E-state index in [1.54, 1.807) is 0 Å². The van der Waals surface area contributed by atoms with Gasteiger partial charge in [-0.1, -0.05) is 19.1 Å². The Bertz CT molecular complexity index is 336. The molecule has 0 saturated heterocycles. The van der Waals surface area contributed by atoms with Crippen LogP contribution in [-0.4, -0.2) is 11.8 Å². The number of amides is 1. The predicted molar refractivity (Wildman–Crippen MR) is 59.9 cm³/mol. The van der Waals surface area contributed by atoms with Crippen LogP contribution in [0.3, 0.4) is 0 Å². The number of anilines is 1. The highest BCUT2D eigenvalue weighted by Crippen LogP contribution is 2.19. The Morgan fingerprint density at radius 2 is 2.21 bits per heavy atom. The maximum absolute atomic E-state index is 11.1. The highest BCUT2D eigenvalue weighted by Gasteiger charge is 2.04. The Morgan fingerprint density at radius 1 is 1.50 bits per heavy atom. The zero-order chi connectivity index (χ0) is 10.6. The fourth-order valence-electron chi connectivity index (χ4n) is 1.39. The van der Waals surface area contributed by atoms with E-state index < -0.39 is 0 Å². The van der Waals surface area contributed by atoms with Crippen LogP contribution in [0, 0.1) is 6.92 Å². The molecule has 1 N–H and O–H groups in total. The minimum Gasteiger partial charge on any atom is -0.325 e. The Kier molecular flexibility index (Phi) is 3.96. The monoisotopic (exact) mass is 211 g/mol. The smallest absolute Gasteiger partial charge is 0.239 e. The maximum Gasteiger partial charge on any atom is 0.239 e. The standard InChI is InChI=1S/C11H14ClNO/c1-3-9-5-4-6-10(8(9)2)13-11(14)7-12/h4-6H,3,7H2,1-2H3,(H,13,14). The van der Waals surface area contributed by atoms with Crippen LogP contribution in [0.2, 0.25) is 0 Å². The van der Waals surface area contributed by atoms with E-state index in [2.05, 4.69) is 18.3 Å².